The average Bonchev–Trinajstić information content (AvgIpc) is 3.25. The van der Waals surface area contributed by atoms with Crippen molar-refractivity contribution in [2.45, 2.75) is 59.3 Å². The minimum absolute atomic E-state index is 0.0332. The first-order chi connectivity index (χ1) is 10.7. The van der Waals surface area contributed by atoms with Crippen molar-refractivity contribution in [3.05, 3.63) is 29.3 Å². The lowest BCUT2D eigenvalue weighted by molar-refractivity contribution is -0.139. The van der Waals surface area contributed by atoms with Crippen LogP contribution >= 0.6 is 0 Å². The van der Waals surface area contributed by atoms with Gasteiger partial charge in [0.05, 0.1) is 12.5 Å². The van der Waals surface area contributed by atoms with Gasteiger partial charge in [-0.2, -0.15) is 0 Å². The van der Waals surface area contributed by atoms with Gasteiger partial charge in [-0.05, 0) is 53.7 Å². The molecule has 1 fully saturated rings. The Kier molecular flexibility index (Phi) is 5.38. The molecule has 1 aromatic rings. The molecule has 1 aliphatic carbocycles. The summed E-state index contributed by atoms with van der Waals surface area (Å²) in [7, 11) is 0. The zero-order valence-corrected chi connectivity index (χ0v) is 15.1. The summed E-state index contributed by atoms with van der Waals surface area (Å²) in [5, 5.41) is 9.09. The molecule has 0 radical (unpaired) electrons. The van der Waals surface area contributed by atoms with Crippen molar-refractivity contribution in [2.75, 3.05) is 6.61 Å². The number of carbonyl (C=O) groups is 1. The number of carboxylic acid groups (broad SMARTS) is 1. The van der Waals surface area contributed by atoms with Crippen LogP contribution in [0.4, 0.5) is 0 Å². The summed E-state index contributed by atoms with van der Waals surface area (Å²) < 4.78 is 5.90. The third-order valence-electron chi connectivity index (χ3n) is 4.76. The van der Waals surface area contributed by atoms with Gasteiger partial charge in [-0.15, -0.1) is 0 Å². The highest BCUT2D eigenvalue weighted by atomic mass is 16.5. The van der Waals surface area contributed by atoms with E-state index in [1.807, 2.05) is 0 Å². The minimum atomic E-state index is -0.638. The smallest absolute Gasteiger partial charge is 0.306 e. The summed E-state index contributed by atoms with van der Waals surface area (Å²) in [6.45, 7) is 11.6. The van der Waals surface area contributed by atoms with E-state index in [1.165, 1.54) is 11.1 Å². The van der Waals surface area contributed by atoms with Gasteiger partial charge in [-0.25, -0.2) is 0 Å². The molecular formula is C20H30O3. The van der Waals surface area contributed by atoms with Crippen LogP contribution in [-0.4, -0.2) is 17.7 Å². The number of benzene rings is 1. The molecule has 3 nitrogen and oxygen atoms in total. The van der Waals surface area contributed by atoms with Crippen LogP contribution in [0.3, 0.4) is 0 Å². The fraction of sp³-hybridized carbons (Fsp3) is 0.650. The highest BCUT2D eigenvalue weighted by molar-refractivity contribution is 5.73. The maximum atomic E-state index is 11.0. The number of hydrogen-bond acceptors (Lipinski definition) is 2. The van der Waals surface area contributed by atoms with E-state index in [4.69, 9.17) is 9.84 Å². The van der Waals surface area contributed by atoms with E-state index in [9.17, 15) is 4.79 Å². The number of carboxylic acids is 1. The Morgan fingerprint density at radius 3 is 2.61 bits per heavy atom. The minimum Gasteiger partial charge on any atom is -0.493 e. The van der Waals surface area contributed by atoms with E-state index in [1.54, 1.807) is 0 Å². The molecule has 0 amide bonds. The first-order valence-corrected chi connectivity index (χ1v) is 8.73. The summed E-state index contributed by atoms with van der Waals surface area (Å²) in [6.07, 6.45) is 2.77. The van der Waals surface area contributed by atoms with Gasteiger partial charge in [0.2, 0.25) is 0 Å². The maximum Gasteiger partial charge on any atom is 0.306 e. The number of rotatable bonds is 7. The molecule has 3 atom stereocenters. The van der Waals surface area contributed by atoms with E-state index < -0.39 is 5.97 Å². The second-order valence-corrected chi connectivity index (χ2v) is 7.95. The molecule has 1 aromatic carbocycles. The van der Waals surface area contributed by atoms with Crippen LogP contribution in [0.1, 0.15) is 58.6 Å². The molecule has 2 rings (SSSR count). The van der Waals surface area contributed by atoms with Crippen LogP contribution < -0.4 is 4.74 Å². The maximum absolute atomic E-state index is 11.0. The molecule has 128 valence electrons. The summed E-state index contributed by atoms with van der Waals surface area (Å²) in [5.41, 5.74) is 2.55. The lowest BCUT2D eigenvalue weighted by Gasteiger charge is -2.24. The Morgan fingerprint density at radius 2 is 2.09 bits per heavy atom. The molecular weight excluding hydrogens is 288 g/mol. The van der Waals surface area contributed by atoms with Crippen LogP contribution in [-0.2, 0) is 16.6 Å². The first kappa shape index (κ1) is 17.8. The second kappa shape index (κ2) is 6.94. The molecule has 0 aromatic heterocycles. The van der Waals surface area contributed by atoms with E-state index in [0.717, 1.165) is 31.6 Å². The molecule has 1 N–H and O–H groups in total. The largest absolute Gasteiger partial charge is 0.493 e. The van der Waals surface area contributed by atoms with Gasteiger partial charge in [-0.3, -0.25) is 4.79 Å². The zero-order chi connectivity index (χ0) is 17.2. The van der Waals surface area contributed by atoms with Gasteiger partial charge in [0.15, 0.2) is 0 Å². The Hall–Kier alpha value is -1.51. The fourth-order valence-corrected chi connectivity index (χ4v) is 3.28. The van der Waals surface area contributed by atoms with Crippen LogP contribution in [0.25, 0.3) is 0 Å². The lowest BCUT2D eigenvalue weighted by atomic mass is 9.84. The molecule has 3 unspecified atom stereocenters. The summed E-state index contributed by atoms with van der Waals surface area (Å²) in [5.74, 6) is 0.957. The third-order valence-corrected chi connectivity index (χ3v) is 4.76. The van der Waals surface area contributed by atoms with Gasteiger partial charge >= 0.3 is 5.97 Å². The summed E-state index contributed by atoms with van der Waals surface area (Å²) in [6, 6.07) is 6.47. The molecule has 23 heavy (non-hydrogen) atoms. The molecule has 1 aliphatic rings. The molecule has 0 heterocycles. The first-order valence-electron chi connectivity index (χ1n) is 8.73. The van der Waals surface area contributed by atoms with E-state index in [-0.39, 0.29) is 11.3 Å². The second-order valence-electron chi connectivity index (χ2n) is 7.95. The summed E-state index contributed by atoms with van der Waals surface area (Å²) in [4.78, 5) is 11.0. The van der Waals surface area contributed by atoms with E-state index in [0.29, 0.717) is 11.8 Å². The van der Waals surface area contributed by atoms with Crippen LogP contribution in [0, 0.1) is 17.8 Å². The fourth-order valence-electron chi connectivity index (χ4n) is 3.28. The van der Waals surface area contributed by atoms with Crippen molar-refractivity contribution < 1.29 is 14.6 Å². The Balaban J connectivity index is 2.12. The SMILES string of the molecule is CCCOc1ccc(CC(C)C2CC2C(=O)O)cc1C(C)(C)C. The van der Waals surface area contributed by atoms with Gasteiger partial charge in [0.1, 0.15) is 5.75 Å². The van der Waals surface area contributed by atoms with Crippen molar-refractivity contribution in [3.63, 3.8) is 0 Å². The summed E-state index contributed by atoms with van der Waals surface area (Å²) >= 11 is 0. The monoisotopic (exact) mass is 318 g/mol. The quantitative estimate of drug-likeness (QED) is 0.794. The Labute approximate surface area is 140 Å². The van der Waals surface area contributed by atoms with Crippen molar-refractivity contribution in [1.82, 2.24) is 0 Å². The zero-order valence-electron chi connectivity index (χ0n) is 15.1. The normalized spacial score (nSPS) is 21.8. The predicted octanol–water partition coefficient (Wildman–Crippen LogP) is 4.67. The highest BCUT2D eigenvalue weighted by Gasteiger charge is 2.46. The molecule has 0 aliphatic heterocycles. The highest BCUT2D eigenvalue weighted by Crippen LogP contribution is 2.45. The van der Waals surface area contributed by atoms with Gasteiger partial charge < -0.3 is 9.84 Å². The number of ether oxygens (including phenoxy) is 1. The topological polar surface area (TPSA) is 46.5 Å². The van der Waals surface area contributed by atoms with E-state index >= 15 is 0 Å². The molecule has 0 saturated heterocycles. The van der Waals surface area contributed by atoms with Crippen LogP contribution in [0.5, 0.6) is 5.75 Å². The van der Waals surface area contributed by atoms with Gasteiger partial charge in [-0.1, -0.05) is 46.8 Å². The van der Waals surface area contributed by atoms with Crippen molar-refractivity contribution in [3.8, 4) is 5.75 Å². The number of aliphatic carboxylic acids is 1. The predicted molar refractivity (Wildman–Crippen MR) is 93.0 cm³/mol. The number of hydrogen-bond donors (Lipinski definition) is 1. The Morgan fingerprint density at radius 1 is 1.39 bits per heavy atom. The molecule has 1 saturated carbocycles. The van der Waals surface area contributed by atoms with Gasteiger partial charge in [0.25, 0.3) is 0 Å². The standard InChI is InChI=1S/C20H30O3/c1-6-9-23-18-8-7-14(11-17(18)20(3,4)5)10-13(2)15-12-16(15)19(21)22/h7-8,11,13,15-16H,6,9-10,12H2,1-5H3,(H,21,22). The van der Waals surface area contributed by atoms with Gasteiger partial charge in [0, 0.05) is 0 Å². The molecule has 0 spiro atoms. The van der Waals surface area contributed by atoms with Crippen LogP contribution in [0.2, 0.25) is 0 Å². The molecule has 0 bridgehead atoms. The van der Waals surface area contributed by atoms with E-state index in [2.05, 4.69) is 52.8 Å². The lowest BCUT2D eigenvalue weighted by Crippen LogP contribution is -2.15. The molecule has 3 heteroatoms. The Bertz CT molecular complexity index is 556. The third kappa shape index (κ3) is 4.49. The van der Waals surface area contributed by atoms with Crippen molar-refractivity contribution in [2.24, 2.45) is 17.8 Å². The van der Waals surface area contributed by atoms with Crippen molar-refractivity contribution in [1.29, 1.82) is 0 Å². The average molecular weight is 318 g/mol. The van der Waals surface area contributed by atoms with Crippen molar-refractivity contribution >= 4 is 5.97 Å². The van der Waals surface area contributed by atoms with Crippen LogP contribution in [0.15, 0.2) is 18.2 Å².